The molecule has 12 saturated heterocycles. The fraction of sp³-hybridized carbons (Fsp3) is 0.932. The van der Waals surface area contributed by atoms with Gasteiger partial charge in [-0.05, 0) is 82.6 Å². The van der Waals surface area contributed by atoms with Gasteiger partial charge in [0.15, 0.2) is 5.79 Å². The maximum atomic E-state index is 14.2. The molecule has 20 atom stereocenters. The van der Waals surface area contributed by atoms with Gasteiger partial charge in [-0.1, -0.05) is 20.4 Å². The number of ether oxygens (including phenoxy) is 11. The molecule has 0 saturated carbocycles. The summed E-state index contributed by atoms with van der Waals surface area (Å²) in [5.41, 5.74) is 1.11. The second-order valence-corrected chi connectivity index (χ2v) is 19.3. The van der Waals surface area contributed by atoms with Crippen LogP contribution in [0.2, 0.25) is 0 Å². The zero-order chi connectivity index (χ0) is 38.9. The minimum atomic E-state index is -0.637. The van der Waals surface area contributed by atoms with Crippen molar-refractivity contribution in [2.45, 2.75) is 221 Å². The van der Waals surface area contributed by atoms with Crippen LogP contribution in [0.5, 0.6) is 0 Å². The van der Waals surface area contributed by atoms with Gasteiger partial charge >= 0.3 is 0 Å². The Morgan fingerprint density at radius 1 is 0.661 bits per heavy atom. The average molecular weight is 789 g/mol. The molecule has 6 unspecified atom stereocenters. The van der Waals surface area contributed by atoms with E-state index in [1.54, 1.807) is 14.2 Å². The first-order valence-electron chi connectivity index (χ1n) is 22.1. The first-order chi connectivity index (χ1) is 26.9. The van der Waals surface area contributed by atoms with E-state index in [4.69, 9.17) is 52.1 Å². The third kappa shape index (κ3) is 8.09. The number of Topliss-reactive ketones (excluding diaryl/α,β-unsaturated/α-hetero) is 1. The number of hydrogen-bond donors (Lipinski definition) is 0. The highest BCUT2D eigenvalue weighted by Crippen LogP contribution is 2.47. The first-order valence-corrected chi connectivity index (χ1v) is 22.1. The van der Waals surface area contributed by atoms with Crippen molar-refractivity contribution in [1.29, 1.82) is 0 Å². The molecule has 12 heteroatoms. The molecule has 0 aromatic rings. The number of rotatable bonds is 4. The summed E-state index contributed by atoms with van der Waals surface area (Å²) in [5, 5.41) is 0. The molecule has 56 heavy (non-hydrogen) atoms. The van der Waals surface area contributed by atoms with Crippen LogP contribution in [0, 0.1) is 17.8 Å². The summed E-state index contributed by atoms with van der Waals surface area (Å²) in [6, 6.07) is 0. The minimum absolute atomic E-state index is 0.0213. The van der Waals surface area contributed by atoms with Gasteiger partial charge in [0.25, 0.3) is 0 Å². The maximum absolute atomic E-state index is 14.2. The molecule has 12 rings (SSSR count). The SMILES string of the molecule is C=C1[C@H](C)C[C@@H]2CC[C@@H]3OC(CCC4C[C@H]5OC6C(OC)[C@H]7O[C@H](CC[C@@H]7O[C@H]6C5O4)CC(=O)C[C@@H]4[C@@H](OC)[C@@H](C[C@H]5COC(C)(C)O5)O[C@H]4C[C@H]1O2)CC3C. The lowest BCUT2D eigenvalue weighted by Crippen LogP contribution is -2.62. The Hall–Kier alpha value is -1.03. The van der Waals surface area contributed by atoms with E-state index < -0.39 is 5.79 Å². The normalized spacial score (nSPS) is 52.0. The van der Waals surface area contributed by atoms with Gasteiger partial charge in [-0.15, -0.1) is 0 Å². The van der Waals surface area contributed by atoms with E-state index >= 15 is 0 Å². The van der Waals surface area contributed by atoms with E-state index in [2.05, 4.69) is 20.4 Å². The van der Waals surface area contributed by atoms with Crippen molar-refractivity contribution in [1.82, 2.24) is 0 Å². The van der Waals surface area contributed by atoms with E-state index in [0.29, 0.717) is 44.1 Å². The van der Waals surface area contributed by atoms with Crippen LogP contribution >= 0.6 is 0 Å². The van der Waals surface area contributed by atoms with Crippen LogP contribution in [0.1, 0.15) is 111 Å². The Balaban J connectivity index is 0.957. The summed E-state index contributed by atoms with van der Waals surface area (Å²) in [7, 11) is 3.47. The highest BCUT2D eigenvalue weighted by Gasteiger charge is 2.61. The first kappa shape index (κ1) is 40.4. The second kappa shape index (κ2) is 16.4. The molecule has 316 valence electrons. The number of fused-ring (bicyclic) bond motifs is 1. The molecule has 0 aromatic carbocycles. The standard InChI is InChI=1S/C44H68O12/c1-22-14-27-10-12-32-23(2)15-26(49-32)8-9-29-18-37-40(52-29)42-43(55-37)41(47-7)39-33(54-42)13-11-28(51-39)16-25(45)17-31-35(20-34(50-27)24(22)3)53-36(38(31)46-6)19-30-21-48-44(4,5)56-30/h22-23,26-43H,3,8-21H2,1-2,4-7H3/t22-,23?,26?,27+,28-,29?,30+,31+,32+,33+,34-,35+,36-,37-,38-,39+,40?,41?,42+,43?/m1/s1. The van der Waals surface area contributed by atoms with Crippen molar-refractivity contribution < 1.29 is 56.9 Å². The maximum Gasteiger partial charge on any atom is 0.163 e. The average Bonchev–Trinajstić information content (AvgIpc) is 3.96. The quantitative estimate of drug-likeness (QED) is 0.329. The molecule has 0 spiro atoms. The lowest BCUT2D eigenvalue weighted by Gasteiger charge is -2.47. The molecule has 0 aliphatic carbocycles. The lowest BCUT2D eigenvalue weighted by molar-refractivity contribution is -0.268. The topological polar surface area (TPSA) is 119 Å². The Morgan fingerprint density at radius 3 is 2.12 bits per heavy atom. The molecule has 12 fully saturated rings. The van der Waals surface area contributed by atoms with Gasteiger partial charge in [-0.25, -0.2) is 0 Å². The number of ketones is 1. The van der Waals surface area contributed by atoms with E-state index in [1.165, 1.54) is 0 Å². The molecule has 0 aromatic heterocycles. The summed E-state index contributed by atoms with van der Waals surface area (Å²) < 4.78 is 72.0. The lowest BCUT2D eigenvalue weighted by atomic mass is 9.81. The second-order valence-electron chi connectivity index (χ2n) is 19.3. The summed E-state index contributed by atoms with van der Waals surface area (Å²) in [6.45, 7) is 13.5. The van der Waals surface area contributed by atoms with Gasteiger partial charge in [0, 0.05) is 52.2 Å². The summed E-state index contributed by atoms with van der Waals surface area (Å²) in [5.74, 6) is 0.178. The molecule has 0 amide bonds. The molecular weight excluding hydrogens is 720 g/mol. The zero-order valence-corrected chi connectivity index (χ0v) is 34.6. The van der Waals surface area contributed by atoms with Gasteiger partial charge in [-0.3, -0.25) is 4.79 Å². The number of carbonyl (C=O) groups is 1. The predicted molar refractivity (Wildman–Crippen MR) is 203 cm³/mol. The number of hydrogen-bond acceptors (Lipinski definition) is 12. The smallest absolute Gasteiger partial charge is 0.163 e. The van der Waals surface area contributed by atoms with Crippen LogP contribution in [0.15, 0.2) is 12.2 Å². The van der Waals surface area contributed by atoms with Crippen molar-refractivity contribution in [3.05, 3.63) is 12.2 Å². The van der Waals surface area contributed by atoms with E-state index in [0.717, 1.165) is 63.4 Å². The molecule has 12 nitrogen and oxygen atoms in total. The van der Waals surface area contributed by atoms with Crippen LogP contribution in [0.25, 0.3) is 0 Å². The van der Waals surface area contributed by atoms with E-state index in [9.17, 15) is 4.79 Å². The molecule has 0 N–H and O–H groups in total. The Morgan fingerprint density at radius 2 is 1.36 bits per heavy atom. The van der Waals surface area contributed by atoms with Gasteiger partial charge in [-0.2, -0.15) is 0 Å². The van der Waals surface area contributed by atoms with Crippen LogP contribution < -0.4 is 0 Å². The molecule has 12 bridgehead atoms. The monoisotopic (exact) mass is 788 g/mol. The largest absolute Gasteiger partial charge is 0.378 e. The van der Waals surface area contributed by atoms with Gasteiger partial charge < -0.3 is 52.1 Å². The van der Waals surface area contributed by atoms with Crippen molar-refractivity contribution in [2.24, 2.45) is 17.8 Å². The van der Waals surface area contributed by atoms with Crippen molar-refractivity contribution in [2.75, 3.05) is 20.8 Å². The summed E-state index contributed by atoms with van der Waals surface area (Å²) in [4.78, 5) is 14.2. The minimum Gasteiger partial charge on any atom is -0.378 e. The fourth-order valence-corrected chi connectivity index (χ4v) is 12.1. The molecule has 12 aliphatic rings. The van der Waals surface area contributed by atoms with Gasteiger partial charge in [0.2, 0.25) is 0 Å². The van der Waals surface area contributed by atoms with Crippen molar-refractivity contribution >= 4 is 5.78 Å². The van der Waals surface area contributed by atoms with Crippen molar-refractivity contribution in [3.63, 3.8) is 0 Å². The molecule has 12 aliphatic heterocycles. The Labute approximate surface area is 333 Å². The molecule has 12 heterocycles. The highest BCUT2D eigenvalue weighted by atomic mass is 16.7. The zero-order valence-electron chi connectivity index (χ0n) is 34.6. The van der Waals surface area contributed by atoms with Crippen LogP contribution in [-0.2, 0) is 56.9 Å². The van der Waals surface area contributed by atoms with Crippen LogP contribution in [-0.4, -0.2) is 136 Å². The highest BCUT2D eigenvalue weighted by molar-refractivity contribution is 5.79. The van der Waals surface area contributed by atoms with Crippen molar-refractivity contribution in [3.8, 4) is 0 Å². The summed E-state index contributed by atoms with van der Waals surface area (Å²) in [6.07, 6.45) is 8.28. The number of carbonyl (C=O) groups excluding carboxylic acids is 1. The van der Waals surface area contributed by atoms with Gasteiger partial charge in [0.1, 0.15) is 36.3 Å². The third-order valence-electron chi connectivity index (χ3n) is 15.0. The fourth-order valence-electron chi connectivity index (χ4n) is 12.1. The Bertz CT molecular complexity index is 1410. The molecular formula is C44H68O12. The Kier molecular flexibility index (Phi) is 11.9. The molecule has 0 radical (unpaired) electrons. The number of methoxy groups -OCH3 is 2. The van der Waals surface area contributed by atoms with Crippen LogP contribution in [0.4, 0.5) is 0 Å². The predicted octanol–water partition coefficient (Wildman–Crippen LogP) is 5.64. The summed E-state index contributed by atoms with van der Waals surface area (Å²) >= 11 is 0. The third-order valence-corrected chi connectivity index (χ3v) is 15.0. The van der Waals surface area contributed by atoms with Gasteiger partial charge in [0.05, 0.1) is 79.9 Å². The van der Waals surface area contributed by atoms with E-state index in [1.807, 2.05) is 13.8 Å². The van der Waals surface area contributed by atoms with E-state index in [-0.39, 0.29) is 115 Å². The van der Waals surface area contributed by atoms with Crippen LogP contribution in [0.3, 0.4) is 0 Å².